The predicted molar refractivity (Wildman–Crippen MR) is 89.4 cm³/mol. The first kappa shape index (κ1) is 16.0. The number of carbonyl (C=O) groups excluding carboxylic acids is 2. The average Bonchev–Trinajstić information content (AvgIpc) is 2.96. The van der Waals surface area contributed by atoms with E-state index in [9.17, 15) is 9.59 Å². The molecule has 0 spiro atoms. The highest BCUT2D eigenvalue weighted by atomic mass is 16.5. The number of hydrogen-bond acceptors (Lipinski definition) is 4. The molecule has 1 fully saturated rings. The molecular formula is C18H19N3O3. The zero-order chi connectivity index (χ0) is 17.1. The van der Waals surface area contributed by atoms with E-state index in [2.05, 4.69) is 16.2 Å². The molecule has 0 radical (unpaired) electrons. The van der Waals surface area contributed by atoms with Crippen LogP contribution in [0.3, 0.4) is 0 Å². The van der Waals surface area contributed by atoms with Gasteiger partial charge >= 0.3 is 0 Å². The molecule has 3 N–H and O–H groups in total. The zero-order valence-electron chi connectivity index (χ0n) is 13.5. The van der Waals surface area contributed by atoms with Gasteiger partial charge in [-0.3, -0.25) is 15.0 Å². The Kier molecular flexibility index (Phi) is 4.48. The largest absolute Gasteiger partial charge is 0.497 e. The molecule has 2 aromatic carbocycles. The Morgan fingerprint density at radius 3 is 2.38 bits per heavy atom. The van der Waals surface area contributed by atoms with Crippen molar-refractivity contribution in [1.82, 2.24) is 16.2 Å². The van der Waals surface area contributed by atoms with Gasteiger partial charge in [0.1, 0.15) is 11.8 Å². The van der Waals surface area contributed by atoms with Crippen molar-refractivity contribution in [1.29, 1.82) is 0 Å². The van der Waals surface area contributed by atoms with Gasteiger partial charge in [-0.15, -0.1) is 0 Å². The van der Waals surface area contributed by atoms with Gasteiger partial charge in [-0.05, 0) is 36.8 Å². The molecule has 2 amide bonds. The molecule has 24 heavy (non-hydrogen) atoms. The van der Waals surface area contributed by atoms with Gasteiger partial charge in [0, 0.05) is 5.56 Å². The number of rotatable bonds is 4. The van der Waals surface area contributed by atoms with Gasteiger partial charge in [-0.1, -0.05) is 29.8 Å². The average molecular weight is 325 g/mol. The van der Waals surface area contributed by atoms with Gasteiger partial charge < -0.3 is 10.1 Å². The number of aryl methyl sites for hydroxylation is 1. The molecule has 1 aliphatic heterocycles. The van der Waals surface area contributed by atoms with Gasteiger partial charge in [0.05, 0.1) is 13.2 Å². The topological polar surface area (TPSA) is 79.5 Å². The van der Waals surface area contributed by atoms with Crippen molar-refractivity contribution in [2.75, 3.05) is 7.11 Å². The van der Waals surface area contributed by atoms with Crippen molar-refractivity contribution in [3.63, 3.8) is 0 Å². The maximum atomic E-state index is 12.4. The van der Waals surface area contributed by atoms with E-state index in [1.54, 1.807) is 19.2 Å². The van der Waals surface area contributed by atoms with Crippen LogP contribution in [0, 0.1) is 6.92 Å². The van der Waals surface area contributed by atoms with E-state index in [1.165, 1.54) is 0 Å². The van der Waals surface area contributed by atoms with Gasteiger partial charge in [-0.2, -0.15) is 0 Å². The lowest BCUT2D eigenvalue weighted by molar-refractivity contribution is -0.121. The summed E-state index contributed by atoms with van der Waals surface area (Å²) in [5.41, 5.74) is 7.97. The van der Waals surface area contributed by atoms with Crippen molar-refractivity contribution in [3.05, 3.63) is 65.2 Å². The van der Waals surface area contributed by atoms with E-state index in [0.29, 0.717) is 5.56 Å². The number of ether oxygens (including phenoxy) is 1. The summed E-state index contributed by atoms with van der Waals surface area (Å²) in [5.74, 6) is 0.185. The second-order valence-corrected chi connectivity index (χ2v) is 5.70. The molecule has 2 aromatic rings. The van der Waals surface area contributed by atoms with Crippen LogP contribution in [0.15, 0.2) is 48.5 Å². The molecule has 0 bridgehead atoms. The van der Waals surface area contributed by atoms with E-state index in [4.69, 9.17) is 4.74 Å². The van der Waals surface area contributed by atoms with Crippen LogP contribution in [0.1, 0.15) is 27.5 Å². The maximum absolute atomic E-state index is 12.4. The summed E-state index contributed by atoms with van der Waals surface area (Å²) in [6.07, 6.45) is 0. The number of amides is 2. The van der Waals surface area contributed by atoms with Gasteiger partial charge in [0.25, 0.3) is 11.8 Å². The highest BCUT2D eigenvalue weighted by molar-refractivity contribution is 5.98. The third-order valence-electron chi connectivity index (χ3n) is 4.04. The highest BCUT2D eigenvalue weighted by Gasteiger charge is 2.36. The number of nitrogens with one attached hydrogen (secondary N) is 3. The molecule has 1 saturated heterocycles. The summed E-state index contributed by atoms with van der Waals surface area (Å²) in [5, 5.41) is 2.80. The van der Waals surface area contributed by atoms with Gasteiger partial charge in [-0.25, -0.2) is 5.43 Å². The van der Waals surface area contributed by atoms with Crippen molar-refractivity contribution in [3.8, 4) is 5.75 Å². The second-order valence-electron chi connectivity index (χ2n) is 5.70. The summed E-state index contributed by atoms with van der Waals surface area (Å²) in [6, 6.07) is 13.5. The quantitative estimate of drug-likeness (QED) is 0.795. The van der Waals surface area contributed by atoms with Crippen LogP contribution >= 0.6 is 0 Å². The highest BCUT2D eigenvalue weighted by Crippen LogP contribution is 2.23. The number of carbonyl (C=O) groups is 2. The van der Waals surface area contributed by atoms with Crippen LogP contribution in [-0.2, 0) is 4.79 Å². The molecule has 0 aliphatic carbocycles. The molecule has 1 aliphatic rings. The smallest absolute Gasteiger partial charge is 0.258 e. The van der Waals surface area contributed by atoms with Crippen molar-refractivity contribution >= 4 is 11.8 Å². The van der Waals surface area contributed by atoms with Gasteiger partial charge in [0.15, 0.2) is 0 Å². The van der Waals surface area contributed by atoms with Crippen LogP contribution in [0.2, 0.25) is 0 Å². The summed E-state index contributed by atoms with van der Waals surface area (Å²) in [6.45, 7) is 1.95. The van der Waals surface area contributed by atoms with E-state index >= 15 is 0 Å². The molecule has 0 aromatic heterocycles. The summed E-state index contributed by atoms with van der Waals surface area (Å²) in [4.78, 5) is 24.5. The Hall–Kier alpha value is -2.86. The van der Waals surface area contributed by atoms with Crippen LogP contribution in [-0.4, -0.2) is 25.0 Å². The van der Waals surface area contributed by atoms with Crippen LogP contribution in [0.4, 0.5) is 0 Å². The lowest BCUT2D eigenvalue weighted by Crippen LogP contribution is -2.42. The Morgan fingerprint density at radius 1 is 1.08 bits per heavy atom. The van der Waals surface area contributed by atoms with E-state index in [1.807, 2.05) is 43.3 Å². The summed E-state index contributed by atoms with van der Waals surface area (Å²) < 4.78 is 5.14. The fraction of sp³-hybridized carbons (Fsp3) is 0.222. The van der Waals surface area contributed by atoms with Crippen LogP contribution in [0.5, 0.6) is 5.75 Å². The lowest BCUT2D eigenvalue weighted by Gasteiger charge is -2.18. The minimum atomic E-state index is -0.688. The number of hydrazine groups is 1. The molecule has 124 valence electrons. The van der Waals surface area contributed by atoms with Gasteiger partial charge in [0.2, 0.25) is 0 Å². The minimum absolute atomic E-state index is 0.267. The first-order valence-electron chi connectivity index (χ1n) is 7.65. The van der Waals surface area contributed by atoms with E-state index in [-0.39, 0.29) is 17.9 Å². The first-order chi connectivity index (χ1) is 11.6. The summed E-state index contributed by atoms with van der Waals surface area (Å²) >= 11 is 0. The molecule has 0 saturated carbocycles. The Balaban J connectivity index is 1.77. The second kappa shape index (κ2) is 6.72. The van der Waals surface area contributed by atoms with Crippen molar-refractivity contribution < 1.29 is 14.3 Å². The minimum Gasteiger partial charge on any atom is -0.497 e. The molecule has 1 heterocycles. The van der Waals surface area contributed by atoms with Crippen LogP contribution < -0.4 is 20.9 Å². The van der Waals surface area contributed by atoms with Crippen molar-refractivity contribution in [2.45, 2.75) is 19.0 Å². The molecule has 3 rings (SSSR count). The van der Waals surface area contributed by atoms with E-state index < -0.39 is 6.04 Å². The number of methoxy groups -OCH3 is 1. The predicted octanol–water partition coefficient (Wildman–Crippen LogP) is 1.48. The number of benzene rings is 2. The molecule has 2 atom stereocenters. The normalized spacial score (nSPS) is 19.7. The molecule has 0 unspecified atom stereocenters. The zero-order valence-corrected chi connectivity index (χ0v) is 13.5. The molecule has 6 nitrogen and oxygen atoms in total. The number of hydrogen-bond donors (Lipinski definition) is 3. The molecular weight excluding hydrogens is 306 g/mol. The lowest BCUT2D eigenvalue weighted by atomic mass is 10.00. The van der Waals surface area contributed by atoms with E-state index in [0.717, 1.165) is 16.9 Å². The van der Waals surface area contributed by atoms with Crippen LogP contribution in [0.25, 0.3) is 0 Å². The first-order valence-corrected chi connectivity index (χ1v) is 7.65. The third kappa shape index (κ3) is 3.23. The monoisotopic (exact) mass is 325 g/mol. The SMILES string of the molecule is COc1ccc([C@H]2NNC(=O)[C@H]2NC(=O)c2ccc(C)cc2)cc1. The fourth-order valence-corrected chi connectivity index (χ4v) is 2.63. The Bertz CT molecular complexity index is 741. The Labute approximate surface area is 140 Å². The third-order valence-corrected chi connectivity index (χ3v) is 4.04. The fourth-order valence-electron chi connectivity index (χ4n) is 2.63. The summed E-state index contributed by atoms with van der Waals surface area (Å²) in [7, 11) is 1.60. The maximum Gasteiger partial charge on any atom is 0.258 e. The standard InChI is InChI=1S/C18H19N3O3/c1-11-3-5-13(6-4-11)17(22)19-16-15(20-21-18(16)23)12-7-9-14(24-2)10-8-12/h3-10,15-16,20H,1-2H3,(H,19,22)(H,21,23)/t15-,16+/m1/s1. The Morgan fingerprint density at radius 2 is 1.75 bits per heavy atom. The molecule has 6 heteroatoms. The van der Waals surface area contributed by atoms with Crippen molar-refractivity contribution in [2.24, 2.45) is 0 Å².